The molecular formula is C23H23BrN2O5S2. The van der Waals surface area contributed by atoms with Gasteiger partial charge in [0.25, 0.3) is 10.0 Å². The zero-order valence-electron chi connectivity index (χ0n) is 18.0. The van der Waals surface area contributed by atoms with Crippen molar-refractivity contribution >= 4 is 55.0 Å². The molecule has 0 unspecified atom stereocenters. The number of halogens is 1. The van der Waals surface area contributed by atoms with Crippen LogP contribution < -0.4 is 19.5 Å². The molecule has 0 bridgehead atoms. The normalized spacial score (nSPS) is 11.0. The summed E-state index contributed by atoms with van der Waals surface area (Å²) in [7, 11) is -0.925. The molecule has 7 nitrogen and oxygen atoms in total. The first-order valence-electron chi connectivity index (χ1n) is 9.77. The number of benzene rings is 3. The molecule has 33 heavy (non-hydrogen) atoms. The van der Waals surface area contributed by atoms with Crippen molar-refractivity contribution in [2.24, 2.45) is 0 Å². The first-order chi connectivity index (χ1) is 15.8. The van der Waals surface area contributed by atoms with Gasteiger partial charge in [-0.05, 0) is 54.1 Å². The summed E-state index contributed by atoms with van der Waals surface area (Å²) in [6.07, 6.45) is 0. The third-order valence-corrected chi connectivity index (χ3v) is 7.43. The quantitative estimate of drug-likeness (QED) is 0.363. The van der Waals surface area contributed by atoms with E-state index in [1.54, 1.807) is 24.3 Å². The van der Waals surface area contributed by atoms with Crippen LogP contribution in [0.5, 0.6) is 11.5 Å². The van der Waals surface area contributed by atoms with Crippen LogP contribution in [0.25, 0.3) is 0 Å². The predicted molar refractivity (Wildman–Crippen MR) is 136 cm³/mol. The van der Waals surface area contributed by atoms with E-state index in [-0.39, 0.29) is 22.2 Å². The summed E-state index contributed by atoms with van der Waals surface area (Å²) >= 11 is 4.90. The average molecular weight is 551 g/mol. The molecular weight excluding hydrogens is 528 g/mol. The predicted octanol–water partition coefficient (Wildman–Crippen LogP) is 5.14. The van der Waals surface area contributed by atoms with Crippen LogP contribution in [0, 0.1) is 0 Å². The van der Waals surface area contributed by atoms with E-state index in [4.69, 9.17) is 9.47 Å². The van der Waals surface area contributed by atoms with Crippen molar-refractivity contribution in [2.45, 2.75) is 10.6 Å². The van der Waals surface area contributed by atoms with E-state index in [2.05, 4.69) is 26.0 Å². The zero-order valence-corrected chi connectivity index (χ0v) is 21.2. The fraction of sp³-hybridized carbons (Fsp3) is 0.174. The van der Waals surface area contributed by atoms with E-state index in [0.717, 1.165) is 15.8 Å². The lowest BCUT2D eigenvalue weighted by Crippen LogP contribution is -2.15. The Morgan fingerprint density at radius 1 is 0.970 bits per heavy atom. The summed E-state index contributed by atoms with van der Waals surface area (Å²) in [6.45, 7) is 0. The molecule has 174 valence electrons. The molecule has 0 aliphatic rings. The molecule has 3 aromatic rings. The number of sulfonamides is 1. The number of ether oxygens (including phenoxy) is 2. The summed E-state index contributed by atoms with van der Waals surface area (Å²) in [5, 5.41) is 2.78. The molecule has 0 saturated heterocycles. The van der Waals surface area contributed by atoms with Crippen LogP contribution >= 0.6 is 27.7 Å². The summed E-state index contributed by atoms with van der Waals surface area (Å²) < 4.78 is 39.5. The second kappa shape index (κ2) is 11.4. The lowest BCUT2D eigenvalue weighted by molar-refractivity contribution is -0.113. The number of nitrogens with one attached hydrogen (secondary N) is 2. The van der Waals surface area contributed by atoms with Gasteiger partial charge in [0.05, 0.1) is 30.6 Å². The van der Waals surface area contributed by atoms with Crippen molar-refractivity contribution in [3.63, 3.8) is 0 Å². The maximum absolute atomic E-state index is 12.8. The first-order valence-corrected chi connectivity index (χ1v) is 13.2. The molecule has 0 aliphatic heterocycles. The Labute approximate surface area is 206 Å². The molecule has 0 aromatic heterocycles. The third-order valence-electron chi connectivity index (χ3n) is 4.51. The van der Waals surface area contributed by atoms with Gasteiger partial charge >= 0.3 is 0 Å². The van der Waals surface area contributed by atoms with E-state index < -0.39 is 10.0 Å². The number of hydrogen-bond donors (Lipinski definition) is 2. The summed E-state index contributed by atoms with van der Waals surface area (Å²) in [5.74, 6) is 1.70. The lowest BCUT2D eigenvalue weighted by atomic mass is 10.2. The first kappa shape index (κ1) is 24.9. The van der Waals surface area contributed by atoms with Crippen LogP contribution in [0.3, 0.4) is 0 Å². The lowest BCUT2D eigenvalue weighted by Gasteiger charge is -2.13. The maximum Gasteiger partial charge on any atom is 0.262 e. The van der Waals surface area contributed by atoms with Gasteiger partial charge in [-0.2, -0.15) is 0 Å². The molecule has 0 radical (unpaired) electrons. The molecule has 3 rings (SSSR count). The summed E-state index contributed by atoms with van der Waals surface area (Å²) in [5.41, 5.74) is 1.91. The number of anilines is 2. The number of amides is 1. The van der Waals surface area contributed by atoms with Crippen LogP contribution in [0.15, 0.2) is 76.1 Å². The van der Waals surface area contributed by atoms with Crippen molar-refractivity contribution in [3.05, 3.63) is 76.8 Å². The molecule has 0 atom stereocenters. The van der Waals surface area contributed by atoms with E-state index in [1.165, 1.54) is 44.2 Å². The minimum atomic E-state index is -3.87. The van der Waals surface area contributed by atoms with E-state index in [1.807, 2.05) is 24.3 Å². The highest BCUT2D eigenvalue weighted by Crippen LogP contribution is 2.31. The van der Waals surface area contributed by atoms with E-state index in [0.29, 0.717) is 17.2 Å². The minimum Gasteiger partial charge on any atom is -0.497 e. The van der Waals surface area contributed by atoms with Gasteiger partial charge in [0, 0.05) is 22.0 Å². The Balaban J connectivity index is 1.58. The Kier molecular flexibility index (Phi) is 8.65. The second-order valence-electron chi connectivity index (χ2n) is 6.86. The SMILES string of the molecule is COc1ccc(OC)c(NS(=O)(=O)c2ccc(NC(=O)CSCc3ccc(Br)cc3)cc2)c1. The van der Waals surface area contributed by atoms with Gasteiger partial charge in [0.15, 0.2) is 0 Å². The Hall–Kier alpha value is -2.69. The molecule has 10 heteroatoms. The fourth-order valence-corrected chi connectivity index (χ4v) is 4.97. The van der Waals surface area contributed by atoms with Crippen LogP contribution in [-0.4, -0.2) is 34.3 Å². The van der Waals surface area contributed by atoms with E-state index >= 15 is 0 Å². The van der Waals surface area contributed by atoms with Crippen LogP contribution in [-0.2, 0) is 20.6 Å². The molecule has 0 heterocycles. The molecule has 0 fully saturated rings. The van der Waals surface area contributed by atoms with Crippen molar-refractivity contribution in [1.29, 1.82) is 0 Å². The topological polar surface area (TPSA) is 93.7 Å². The number of rotatable bonds is 10. The number of thioether (sulfide) groups is 1. The van der Waals surface area contributed by atoms with Crippen LogP contribution in [0.2, 0.25) is 0 Å². The highest BCUT2D eigenvalue weighted by atomic mass is 79.9. The highest BCUT2D eigenvalue weighted by Gasteiger charge is 2.17. The minimum absolute atomic E-state index is 0.0509. The molecule has 2 N–H and O–H groups in total. The van der Waals surface area contributed by atoms with Crippen molar-refractivity contribution in [2.75, 3.05) is 30.0 Å². The van der Waals surface area contributed by atoms with E-state index in [9.17, 15) is 13.2 Å². The van der Waals surface area contributed by atoms with Crippen molar-refractivity contribution in [3.8, 4) is 11.5 Å². The third kappa shape index (κ3) is 7.15. The average Bonchev–Trinajstić information content (AvgIpc) is 2.80. The zero-order chi connectivity index (χ0) is 23.8. The Morgan fingerprint density at radius 3 is 2.30 bits per heavy atom. The molecule has 0 saturated carbocycles. The van der Waals surface area contributed by atoms with Gasteiger partial charge in [-0.3, -0.25) is 9.52 Å². The standard InChI is InChI=1S/C23H23BrN2O5S2/c1-30-19-9-12-22(31-2)21(13-19)26-33(28,29)20-10-7-18(8-11-20)25-23(27)15-32-14-16-3-5-17(24)6-4-16/h3-13,26H,14-15H2,1-2H3,(H,25,27). The Morgan fingerprint density at radius 2 is 1.67 bits per heavy atom. The fourth-order valence-electron chi connectivity index (χ4n) is 2.85. The largest absolute Gasteiger partial charge is 0.497 e. The second-order valence-corrected chi connectivity index (χ2v) is 10.4. The number of hydrogen-bond acceptors (Lipinski definition) is 6. The molecule has 3 aromatic carbocycles. The summed E-state index contributed by atoms with van der Waals surface area (Å²) in [6, 6.07) is 18.7. The van der Waals surface area contributed by atoms with Gasteiger partial charge in [0.2, 0.25) is 5.91 Å². The maximum atomic E-state index is 12.8. The van der Waals surface area contributed by atoms with Crippen LogP contribution in [0.1, 0.15) is 5.56 Å². The smallest absolute Gasteiger partial charge is 0.262 e. The molecule has 0 aliphatic carbocycles. The van der Waals surface area contributed by atoms with Crippen LogP contribution in [0.4, 0.5) is 11.4 Å². The van der Waals surface area contributed by atoms with Gasteiger partial charge < -0.3 is 14.8 Å². The van der Waals surface area contributed by atoms with Crippen molar-refractivity contribution < 1.29 is 22.7 Å². The molecule has 0 spiro atoms. The number of methoxy groups -OCH3 is 2. The monoisotopic (exact) mass is 550 g/mol. The number of carbonyl (C=O) groups excluding carboxylic acids is 1. The van der Waals surface area contributed by atoms with Crippen molar-refractivity contribution in [1.82, 2.24) is 0 Å². The van der Waals surface area contributed by atoms with Gasteiger partial charge in [0.1, 0.15) is 11.5 Å². The van der Waals surface area contributed by atoms with Gasteiger partial charge in [-0.1, -0.05) is 28.1 Å². The highest BCUT2D eigenvalue weighted by molar-refractivity contribution is 9.10. The molecule has 1 amide bonds. The summed E-state index contributed by atoms with van der Waals surface area (Å²) in [4.78, 5) is 12.3. The van der Waals surface area contributed by atoms with Gasteiger partial charge in [-0.15, -0.1) is 11.8 Å². The number of carbonyl (C=O) groups is 1. The Bertz CT molecular complexity index is 1200. The van der Waals surface area contributed by atoms with Gasteiger partial charge in [-0.25, -0.2) is 8.42 Å².